The minimum absolute atomic E-state index is 0.496. The van der Waals surface area contributed by atoms with Gasteiger partial charge >= 0.3 is 0 Å². The highest BCUT2D eigenvalue weighted by molar-refractivity contribution is 5.15. The summed E-state index contributed by atoms with van der Waals surface area (Å²) in [6.45, 7) is 4.07. The van der Waals surface area contributed by atoms with Gasteiger partial charge in [-0.05, 0) is 19.3 Å². The van der Waals surface area contributed by atoms with E-state index in [0.717, 1.165) is 13.2 Å². The van der Waals surface area contributed by atoms with E-state index in [1.807, 2.05) is 0 Å². The Morgan fingerprint density at radius 3 is 2.29 bits per heavy atom. The Morgan fingerprint density at radius 2 is 1.62 bits per heavy atom. The number of unbranched alkanes of at least 4 members (excludes halogenated alkanes) is 9. The lowest BCUT2D eigenvalue weighted by molar-refractivity contribution is 0.0526. The van der Waals surface area contributed by atoms with Crippen LogP contribution >= 0.6 is 0 Å². The van der Waals surface area contributed by atoms with Crippen molar-refractivity contribution >= 4 is 0 Å². The summed E-state index contributed by atoms with van der Waals surface area (Å²) in [6, 6.07) is 1.09. The first kappa shape index (κ1) is 17.0. The lowest BCUT2D eigenvalue weighted by Gasteiger charge is -2.35. The number of hydrogen-bond acceptors (Lipinski definition) is 2. The zero-order valence-corrected chi connectivity index (χ0v) is 14.0. The van der Waals surface area contributed by atoms with Crippen LogP contribution in [0.15, 0.2) is 11.6 Å². The molecule has 122 valence electrons. The second kappa shape index (κ2) is 10.4. The average molecular weight is 293 g/mol. The van der Waals surface area contributed by atoms with Gasteiger partial charge in [0, 0.05) is 12.1 Å². The van der Waals surface area contributed by atoms with Gasteiger partial charge in [0.05, 0.1) is 13.2 Å². The Labute approximate surface area is 131 Å². The van der Waals surface area contributed by atoms with Gasteiger partial charge in [0.2, 0.25) is 0 Å². The van der Waals surface area contributed by atoms with Crippen molar-refractivity contribution in [3.8, 4) is 0 Å². The second-order valence-electron chi connectivity index (χ2n) is 6.97. The summed E-state index contributed by atoms with van der Waals surface area (Å²) < 4.78 is 5.58. The summed E-state index contributed by atoms with van der Waals surface area (Å²) in [6.07, 6.45) is 19.3. The van der Waals surface area contributed by atoms with Crippen LogP contribution in [0.5, 0.6) is 0 Å². The number of fused-ring (bicyclic) bond motifs is 2. The Bertz CT molecular complexity index is 300. The van der Waals surface area contributed by atoms with Crippen LogP contribution in [-0.4, -0.2) is 25.3 Å². The van der Waals surface area contributed by atoms with Crippen molar-refractivity contribution in [3.05, 3.63) is 11.6 Å². The standard InChI is InChI=1S/C19H35NO/c1-2-3-4-5-6-7-8-9-10-11-12-17-13-18-15-21-16-19(14-17)20-18/h13,18-20H,2-12,14-16H2,1H3. The molecule has 0 amide bonds. The Balaban J connectivity index is 1.42. The molecule has 2 unspecified atom stereocenters. The summed E-state index contributed by atoms with van der Waals surface area (Å²) in [4.78, 5) is 0. The van der Waals surface area contributed by atoms with E-state index in [-0.39, 0.29) is 0 Å². The van der Waals surface area contributed by atoms with E-state index in [1.165, 1.54) is 77.0 Å². The van der Waals surface area contributed by atoms with Crippen molar-refractivity contribution in [2.24, 2.45) is 0 Å². The molecule has 2 heterocycles. The van der Waals surface area contributed by atoms with Crippen molar-refractivity contribution in [3.63, 3.8) is 0 Å². The van der Waals surface area contributed by atoms with Gasteiger partial charge in [-0.2, -0.15) is 0 Å². The third kappa shape index (κ3) is 6.97. The molecule has 0 aromatic rings. The van der Waals surface area contributed by atoms with Crippen LogP contribution in [0.4, 0.5) is 0 Å². The first-order valence-electron chi connectivity index (χ1n) is 9.42. The summed E-state index contributed by atoms with van der Waals surface area (Å²) >= 11 is 0. The fourth-order valence-electron chi connectivity index (χ4n) is 3.64. The van der Waals surface area contributed by atoms with Crippen molar-refractivity contribution in [1.82, 2.24) is 5.32 Å². The van der Waals surface area contributed by atoms with Gasteiger partial charge in [-0.3, -0.25) is 0 Å². The maximum atomic E-state index is 5.58. The molecule has 21 heavy (non-hydrogen) atoms. The van der Waals surface area contributed by atoms with E-state index in [0.29, 0.717) is 12.1 Å². The summed E-state index contributed by atoms with van der Waals surface area (Å²) in [5, 5.41) is 3.62. The predicted octanol–water partition coefficient (Wildman–Crippen LogP) is 4.98. The van der Waals surface area contributed by atoms with Crippen LogP contribution in [0.25, 0.3) is 0 Å². The highest BCUT2D eigenvalue weighted by Gasteiger charge is 2.25. The SMILES string of the molecule is CCCCCCCCCCCCC1=CC2COCC(C1)N2. The monoisotopic (exact) mass is 293 g/mol. The van der Waals surface area contributed by atoms with E-state index in [1.54, 1.807) is 5.57 Å². The van der Waals surface area contributed by atoms with Crippen molar-refractivity contribution in [2.75, 3.05) is 13.2 Å². The zero-order chi connectivity index (χ0) is 14.8. The molecule has 2 heteroatoms. The van der Waals surface area contributed by atoms with Gasteiger partial charge in [-0.1, -0.05) is 76.4 Å². The van der Waals surface area contributed by atoms with Crippen LogP contribution < -0.4 is 5.32 Å². The highest BCUT2D eigenvalue weighted by Crippen LogP contribution is 2.23. The first-order valence-corrected chi connectivity index (χ1v) is 9.42. The van der Waals surface area contributed by atoms with Crippen LogP contribution in [-0.2, 0) is 4.74 Å². The van der Waals surface area contributed by atoms with Crippen molar-refractivity contribution < 1.29 is 4.74 Å². The molecule has 2 aliphatic rings. The molecule has 1 saturated heterocycles. The third-order valence-electron chi connectivity index (χ3n) is 4.86. The Kier molecular flexibility index (Phi) is 8.43. The van der Waals surface area contributed by atoms with Crippen molar-refractivity contribution in [1.29, 1.82) is 0 Å². The quantitative estimate of drug-likeness (QED) is 0.428. The molecule has 2 rings (SSSR count). The first-order chi connectivity index (χ1) is 10.4. The summed E-state index contributed by atoms with van der Waals surface area (Å²) in [7, 11) is 0. The van der Waals surface area contributed by atoms with Crippen LogP contribution in [0.1, 0.15) is 84.0 Å². The maximum Gasteiger partial charge on any atom is 0.0656 e. The smallest absolute Gasteiger partial charge is 0.0656 e. The Hall–Kier alpha value is -0.340. The molecule has 0 aromatic heterocycles. The predicted molar refractivity (Wildman–Crippen MR) is 90.7 cm³/mol. The van der Waals surface area contributed by atoms with Crippen molar-refractivity contribution in [2.45, 2.75) is 96.1 Å². The number of hydrogen-bond donors (Lipinski definition) is 1. The van der Waals surface area contributed by atoms with E-state index in [9.17, 15) is 0 Å². The molecule has 0 aliphatic carbocycles. The van der Waals surface area contributed by atoms with Gasteiger partial charge in [-0.25, -0.2) is 0 Å². The second-order valence-corrected chi connectivity index (χ2v) is 6.97. The fourth-order valence-corrected chi connectivity index (χ4v) is 3.64. The molecule has 0 spiro atoms. The largest absolute Gasteiger partial charge is 0.378 e. The molecule has 2 atom stereocenters. The minimum Gasteiger partial charge on any atom is -0.378 e. The zero-order valence-electron chi connectivity index (χ0n) is 14.0. The van der Waals surface area contributed by atoms with E-state index < -0.39 is 0 Å². The van der Waals surface area contributed by atoms with Crippen LogP contribution in [0, 0.1) is 0 Å². The maximum absolute atomic E-state index is 5.58. The third-order valence-corrected chi connectivity index (χ3v) is 4.86. The van der Waals surface area contributed by atoms with Crippen LogP contribution in [0.2, 0.25) is 0 Å². The molecule has 2 aliphatic heterocycles. The molecular formula is C19H35NO. The molecular weight excluding hydrogens is 258 g/mol. The molecule has 0 saturated carbocycles. The average Bonchev–Trinajstić information content (AvgIpc) is 2.49. The summed E-state index contributed by atoms with van der Waals surface area (Å²) in [5.41, 5.74) is 1.69. The molecule has 0 radical (unpaired) electrons. The van der Waals surface area contributed by atoms with Crippen LogP contribution in [0.3, 0.4) is 0 Å². The molecule has 2 nitrogen and oxygen atoms in total. The normalized spacial score (nSPS) is 24.9. The number of ether oxygens (including phenoxy) is 1. The number of rotatable bonds is 11. The van der Waals surface area contributed by atoms with Gasteiger partial charge in [-0.15, -0.1) is 0 Å². The fraction of sp³-hybridized carbons (Fsp3) is 0.895. The van der Waals surface area contributed by atoms with Gasteiger partial charge < -0.3 is 10.1 Å². The van der Waals surface area contributed by atoms with Gasteiger partial charge in [0.15, 0.2) is 0 Å². The lowest BCUT2D eigenvalue weighted by atomic mass is 9.93. The minimum atomic E-state index is 0.496. The van der Waals surface area contributed by atoms with Gasteiger partial charge in [0.1, 0.15) is 0 Å². The van der Waals surface area contributed by atoms with E-state index in [4.69, 9.17) is 4.74 Å². The summed E-state index contributed by atoms with van der Waals surface area (Å²) in [5.74, 6) is 0. The molecule has 1 N–H and O–H groups in total. The lowest BCUT2D eigenvalue weighted by Crippen LogP contribution is -2.50. The Morgan fingerprint density at radius 1 is 0.952 bits per heavy atom. The van der Waals surface area contributed by atoms with Gasteiger partial charge in [0.25, 0.3) is 0 Å². The number of morpholine rings is 1. The highest BCUT2D eigenvalue weighted by atomic mass is 16.5. The van der Waals surface area contributed by atoms with E-state index in [2.05, 4.69) is 18.3 Å². The molecule has 1 fully saturated rings. The van der Waals surface area contributed by atoms with E-state index >= 15 is 0 Å². The topological polar surface area (TPSA) is 21.3 Å². The number of nitrogens with one attached hydrogen (secondary N) is 1. The molecule has 2 bridgehead atoms. The molecule has 0 aromatic carbocycles.